The molecular formula is C13H12OS. The number of rotatable bonds is 3. The van der Waals surface area contributed by atoms with Gasteiger partial charge in [0.15, 0.2) is 0 Å². The van der Waals surface area contributed by atoms with Crippen molar-refractivity contribution in [2.24, 2.45) is 0 Å². The second-order valence-corrected chi connectivity index (χ2v) is 4.30. The molecule has 0 saturated heterocycles. The highest BCUT2D eigenvalue weighted by Gasteiger charge is 2.01. The van der Waals surface area contributed by atoms with Crippen LogP contribution < -0.4 is 0 Å². The first kappa shape index (κ1) is 10.3. The molecule has 0 aliphatic rings. The Hall–Kier alpha value is -1.25. The quantitative estimate of drug-likeness (QED) is 0.849. The van der Waals surface area contributed by atoms with E-state index in [1.807, 2.05) is 42.5 Å². The first-order chi connectivity index (χ1) is 7.40. The summed E-state index contributed by atoms with van der Waals surface area (Å²) in [6.07, 6.45) is 0. The zero-order valence-electron chi connectivity index (χ0n) is 8.26. The minimum atomic E-state index is 0.0933. The molecule has 15 heavy (non-hydrogen) atoms. The van der Waals surface area contributed by atoms with E-state index in [0.29, 0.717) is 0 Å². The van der Waals surface area contributed by atoms with E-state index in [-0.39, 0.29) is 6.61 Å². The molecule has 2 aromatic rings. The SMILES string of the molecule is OCc1ccccc1Sc1ccccc1. The molecular weight excluding hydrogens is 204 g/mol. The molecule has 2 aromatic carbocycles. The molecule has 0 atom stereocenters. The van der Waals surface area contributed by atoms with Crippen LogP contribution in [0.4, 0.5) is 0 Å². The lowest BCUT2D eigenvalue weighted by Crippen LogP contribution is -1.86. The molecule has 0 radical (unpaired) electrons. The van der Waals surface area contributed by atoms with Crippen LogP contribution in [0.3, 0.4) is 0 Å². The van der Waals surface area contributed by atoms with E-state index in [0.717, 1.165) is 10.5 Å². The highest BCUT2D eigenvalue weighted by atomic mass is 32.2. The van der Waals surface area contributed by atoms with Gasteiger partial charge >= 0.3 is 0 Å². The van der Waals surface area contributed by atoms with Crippen molar-refractivity contribution in [3.05, 3.63) is 60.2 Å². The van der Waals surface area contributed by atoms with Crippen molar-refractivity contribution in [3.8, 4) is 0 Å². The van der Waals surface area contributed by atoms with E-state index in [4.69, 9.17) is 0 Å². The molecule has 0 bridgehead atoms. The predicted molar refractivity (Wildman–Crippen MR) is 62.9 cm³/mol. The predicted octanol–water partition coefficient (Wildman–Crippen LogP) is 3.33. The Morgan fingerprint density at radius 1 is 0.867 bits per heavy atom. The van der Waals surface area contributed by atoms with Crippen molar-refractivity contribution < 1.29 is 5.11 Å². The van der Waals surface area contributed by atoms with Gasteiger partial charge in [0.1, 0.15) is 0 Å². The summed E-state index contributed by atoms with van der Waals surface area (Å²) >= 11 is 1.68. The summed E-state index contributed by atoms with van der Waals surface area (Å²) in [7, 11) is 0. The molecule has 0 aliphatic carbocycles. The number of hydrogen-bond donors (Lipinski definition) is 1. The second kappa shape index (κ2) is 5.01. The Kier molecular flexibility index (Phi) is 3.43. The Balaban J connectivity index is 2.24. The van der Waals surface area contributed by atoms with Crippen molar-refractivity contribution >= 4 is 11.8 Å². The first-order valence-corrected chi connectivity index (χ1v) is 5.63. The second-order valence-electron chi connectivity index (χ2n) is 3.18. The van der Waals surface area contributed by atoms with Gasteiger partial charge in [0.05, 0.1) is 6.61 Å². The van der Waals surface area contributed by atoms with Gasteiger partial charge in [0.25, 0.3) is 0 Å². The van der Waals surface area contributed by atoms with E-state index in [9.17, 15) is 5.11 Å². The molecule has 0 saturated carbocycles. The third-order valence-electron chi connectivity index (χ3n) is 2.11. The summed E-state index contributed by atoms with van der Waals surface area (Å²) < 4.78 is 0. The van der Waals surface area contributed by atoms with Crippen LogP contribution in [0.1, 0.15) is 5.56 Å². The number of benzene rings is 2. The van der Waals surface area contributed by atoms with Gasteiger partial charge in [-0.15, -0.1) is 0 Å². The Bertz CT molecular complexity index is 426. The summed E-state index contributed by atoms with van der Waals surface area (Å²) in [6.45, 7) is 0.0933. The lowest BCUT2D eigenvalue weighted by atomic mass is 10.2. The summed E-state index contributed by atoms with van der Waals surface area (Å²) in [5, 5.41) is 9.18. The first-order valence-electron chi connectivity index (χ1n) is 4.82. The lowest BCUT2D eigenvalue weighted by Gasteiger charge is -2.05. The third-order valence-corrected chi connectivity index (χ3v) is 3.24. The van der Waals surface area contributed by atoms with Crippen LogP contribution in [0.15, 0.2) is 64.4 Å². The van der Waals surface area contributed by atoms with Crippen LogP contribution in [0.2, 0.25) is 0 Å². The summed E-state index contributed by atoms with van der Waals surface area (Å²) in [6, 6.07) is 18.1. The van der Waals surface area contributed by atoms with Gasteiger partial charge in [0, 0.05) is 9.79 Å². The Morgan fingerprint density at radius 3 is 2.27 bits per heavy atom. The zero-order valence-corrected chi connectivity index (χ0v) is 9.08. The number of aliphatic hydroxyl groups excluding tert-OH is 1. The fourth-order valence-electron chi connectivity index (χ4n) is 1.35. The largest absolute Gasteiger partial charge is 0.392 e. The fourth-order valence-corrected chi connectivity index (χ4v) is 2.31. The minimum absolute atomic E-state index is 0.0933. The summed E-state index contributed by atoms with van der Waals surface area (Å²) in [4.78, 5) is 2.31. The van der Waals surface area contributed by atoms with Gasteiger partial charge < -0.3 is 5.11 Å². The van der Waals surface area contributed by atoms with Crippen molar-refractivity contribution in [2.45, 2.75) is 16.4 Å². The molecule has 0 aliphatic heterocycles. The molecule has 1 N–H and O–H groups in total. The topological polar surface area (TPSA) is 20.2 Å². The average molecular weight is 216 g/mol. The Labute approximate surface area is 93.8 Å². The van der Waals surface area contributed by atoms with E-state index in [1.54, 1.807) is 11.8 Å². The van der Waals surface area contributed by atoms with E-state index < -0.39 is 0 Å². The summed E-state index contributed by atoms with van der Waals surface area (Å²) in [5.41, 5.74) is 0.978. The van der Waals surface area contributed by atoms with Gasteiger partial charge in [-0.2, -0.15) is 0 Å². The van der Waals surface area contributed by atoms with Crippen LogP contribution >= 0.6 is 11.8 Å². The van der Waals surface area contributed by atoms with E-state index in [2.05, 4.69) is 12.1 Å². The van der Waals surface area contributed by atoms with E-state index >= 15 is 0 Å². The molecule has 0 aromatic heterocycles. The number of aliphatic hydroxyl groups is 1. The molecule has 0 fully saturated rings. The van der Waals surface area contributed by atoms with Crippen molar-refractivity contribution in [3.63, 3.8) is 0 Å². The third kappa shape index (κ3) is 2.61. The Morgan fingerprint density at radius 2 is 1.53 bits per heavy atom. The molecule has 1 nitrogen and oxygen atoms in total. The van der Waals surface area contributed by atoms with Gasteiger partial charge in [-0.3, -0.25) is 0 Å². The average Bonchev–Trinajstić information content (AvgIpc) is 2.31. The van der Waals surface area contributed by atoms with Crippen molar-refractivity contribution in [1.29, 1.82) is 0 Å². The monoisotopic (exact) mass is 216 g/mol. The smallest absolute Gasteiger partial charge is 0.0692 e. The van der Waals surface area contributed by atoms with Gasteiger partial charge in [-0.05, 0) is 23.8 Å². The maximum atomic E-state index is 9.18. The van der Waals surface area contributed by atoms with Crippen LogP contribution in [0.25, 0.3) is 0 Å². The van der Waals surface area contributed by atoms with Gasteiger partial charge in [-0.25, -0.2) is 0 Å². The van der Waals surface area contributed by atoms with Crippen LogP contribution in [0.5, 0.6) is 0 Å². The fraction of sp³-hybridized carbons (Fsp3) is 0.0769. The van der Waals surface area contributed by atoms with Crippen molar-refractivity contribution in [1.82, 2.24) is 0 Å². The zero-order chi connectivity index (χ0) is 10.5. The molecule has 2 rings (SSSR count). The molecule has 0 amide bonds. The normalized spacial score (nSPS) is 10.2. The maximum absolute atomic E-state index is 9.18. The molecule has 76 valence electrons. The number of hydrogen-bond acceptors (Lipinski definition) is 2. The minimum Gasteiger partial charge on any atom is -0.392 e. The van der Waals surface area contributed by atoms with Gasteiger partial charge in [0.2, 0.25) is 0 Å². The standard InChI is InChI=1S/C13H12OS/c14-10-11-6-4-5-9-13(11)15-12-7-2-1-3-8-12/h1-9,14H,10H2. The lowest BCUT2D eigenvalue weighted by molar-refractivity contribution is 0.279. The molecule has 2 heteroatoms. The van der Waals surface area contributed by atoms with Crippen LogP contribution in [-0.4, -0.2) is 5.11 Å². The maximum Gasteiger partial charge on any atom is 0.0692 e. The highest BCUT2D eigenvalue weighted by Crippen LogP contribution is 2.29. The molecule has 0 heterocycles. The van der Waals surface area contributed by atoms with Crippen molar-refractivity contribution in [2.75, 3.05) is 0 Å². The van der Waals surface area contributed by atoms with E-state index in [1.165, 1.54) is 4.90 Å². The molecule has 0 spiro atoms. The van der Waals surface area contributed by atoms with Gasteiger partial charge in [-0.1, -0.05) is 48.2 Å². The van der Waals surface area contributed by atoms with Crippen LogP contribution in [-0.2, 0) is 6.61 Å². The summed E-state index contributed by atoms with van der Waals surface area (Å²) in [5.74, 6) is 0. The molecule has 0 unspecified atom stereocenters. The highest BCUT2D eigenvalue weighted by molar-refractivity contribution is 7.99. The van der Waals surface area contributed by atoms with Crippen LogP contribution in [0, 0.1) is 0 Å².